The van der Waals surface area contributed by atoms with Crippen LogP contribution in [0.1, 0.15) is 112 Å². The lowest BCUT2D eigenvalue weighted by molar-refractivity contribution is -0.387. The Kier molecular flexibility index (Phi) is 17.6. The number of carbonyl (C=O) groups is 1. The number of hydrogen-bond acceptors (Lipinski definition) is 12. The fraction of sp³-hybridized carbons (Fsp3) is 0.466. The quantitative estimate of drug-likeness (QED) is 0.0177. The number of halogens is 1. The van der Waals surface area contributed by atoms with E-state index in [2.05, 4.69) is 92.0 Å². The summed E-state index contributed by atoms with van der Waals surface area (Å²) in [5, 5.41) is 25.8. The summed E-state index contributed by atoms with van der Waals surface area (Å²) in [6.07, 6.45) is 2.58. The van der Waals surface area contributed by atoms with Gasteiger partial charge in [0.05, 0.1) is 36.5 Å². The smallest absolute Gasteiger partial charge is 0.354 e. The van der Waals surface area contributed by atoms with E-state index in [0.717, 1.165) is 45.5 Å². The number of ether oxygens (including phenoxy) is 2. The minimum atomic E-state index is -4.68. The molecule has 4 heterocycles. The van der Waals surface area contributed by atoms with Crippen LogP contribution in [0.25, 0.3) is 32.8 Å². The second-order valence-electron chi connectivity index (χ2n) is 23.6. The van der Waals surface area contributed by atoms with Gasteiger partial charge in [0, 0.05) is 87.3 Å². The fourth-order valence-electron chi connectivity index (χ4n) is 9.75. The molecule has 1 saturated heterocycles. The van der Waals surface area contributed by atoms with Crippen molar-refractivity contribution in [3.8, 4) is 16.9 Å². The molecule has 7 aromatic rings. The first-order valence-corrected chi connectivity index (χ1v) is 35.5. The lowest BCUT2D eigenvalue weighted by atomic mass is 9.96. The van der Waals surface area contributed by atoms with E-state index in [-0.39, 0.29) is 23.2 Å². The van der Waals surface area contributed by atoms with Gasteiger partial charge in [-0.1, -0.05) is 89.5 Å². The average Bonchev–Trinajstić information content (AvgIpc) is 4.21. The third kappa shape index (κ3) is 12.3. The van der Waals surface area contributed by atoms with Gasteiger partial charge in [0.2, 0.25) is 0 Å². The monoisotopic (exact) mass is 1170 g/mol. The summed E-state index contributed by atoms with van der Waals surface area (Å²) >= 11 is 9.01. The average molecular weight is 1170 g/mol. The van der Waals surface area contributed by atoms with Gasteiger partial charge in [-0.25, -0.2) is 17.9 Å². The maximum atomic E-state index is 15.4. The zero-order valence-electron chi connectivity index (χ0n) is 48.2. The van der Waals surface area contributed by atoms with Crippen LogP contribution in [0.15, 0.2) is 88.7 Å². The fourth-order valence-corrected chi connectivity index (χ4v) is 14.6. The molecule has 1 unspecified atom stereocenters. The molecule has 1 aliphatic rings. The third-order valence-corrected chi connectivity index (χ3v) is 28.3. The number of fused-ring (bicyclic) bond motifs is 2. The Bertz CT molecular complexity index is 3540. The number of para-hydroxylation sites is 1. The maximum Gasteiger partial charge on any atom is 0.354 e. The summed E-state index contributed by atoms with van der Waals surface area (Å²) in [5.74, 6) is 0.820. The van der Waals surface area contributed by atoms with Gasteiger partial charge >= 0.3 is 5.97 Å². The van der Waals surface area contributed by atoms with Crippen molar-refractivity contribution < 1.29 is 36.5 Å². The Hall–Kier alpha value is -5.33. The van der Waals surface area contributed by atoms with E-state index in [9.17, 15) is 14.9 Å². The molecule has 1 fully saturated rings. The number of rotatable bonds is 20. The molecule has 0 aliphatic carbocycles. The van der Waals surface area contributed by atoms with Crippen LogP contribution in [0.4, 0.5) is 5.69 Å². The van der Waals surface area contributed by atoms with E-state index in [0.29, 0.717) is 88.2 Å². The summed E-state index contributed by atoms with van der Waals surface area (Å²) in [6.45, 7) is 26.8. The van der Waals surface area contributed by atoms with Gasteiger partial charge in [-0.15, -0.1) is 11.8 Å². The highest BCUT2D eigenvalue weighted by atomic mass is 35.5. The van der Waals surface area contributed by atoms with E-state index in [1.807, 2.05) is 49.7 Å². The van der Waals surface area contributed by atoms with Gasteiger partial charge in [0.1, 0.15) is 17.7 Å². The van der Waals surface area contributed by atoms with Gasteiger partial charge in [0.15, 0.2) is 13.2 Å². The van der Waals surface area contributed by atoms with Crippen molar-refractivity contribution in [3.05, 3.63) is 128 Å². The molecule has 0 radical (unpaired) electrons. The number of aryl methyl sites for hydroxylation is 3. The molecule has 1 atom stereocenters. The predicted octanol–water partition coefficient (Wildman–Crippen LogP) is 14.5. The Morgan fingerprint density at radius 2 is 1.62 bits per heavy atom. The number of benzene rings is 4. The normalized spacial score (nSPS) is 14.9. The number of thioether (sulfide) groups is 1. The van der Waals surface area contributed by atoms with Crippen LogP contribution in [-0.2, 0) is 56.4 Å². The molecule has 21 heteroatoms. The van der Waals surface area contributed by atoms with E-state index in [1.54, 1.807) is 27.2 Å². The van der Waals surface area contributed by atoms with Crippen LogP contribution in [0.5, 0.6) is 5.75 Å². The van der Waals surface area contributed by atoms with E-state index in [1.165, 1.54) is 35.7 Å². The number of carbonyl (C=O) groups excluding carboxylic acids is 1. The van der Waals surface area contributed by atoms with Crippen molar-refractivity contribution >= 4 is 83.4 Å². The molecule has 424 valence electrons. The molecular weight excluding hydrogens is 1090 g/mol. The van der Waals surface area contributed by atoms with E-state index in [4.69, 9.17) is 40.1 Å². The Balaban J connectivity index is 1.22. The van der Waals surface area contributed by atoms with Crippen LogP contribution >= 0.6 is 23.4 Å². The SMILES string of the molecule is COC(=O)c1c(C)c2c(-c3c(CN(Cc4cc(CSc5cc(O[Si](C)(C)C(C)(C)C)c6ccccc6c5)n(C)n4)S(=O)(=O)c4ccccc4[N+](=O)[O-])nn(C4CCCCO4)c3C)c(Cl)ccc2n1CCCO[Si](C)(C)C(C)(C)C. The Labute approximate surface area is 476 Å². The molecule has 0 bridgehead atoms. The zero-order chi connectivity index (χ0) is 57.6. The summed E-state index contributed by atoms with van der Waals surface area (Å²) in [4.78, 5) is 26.3. The van der Waals surface area contributed by atoms with Crippen molar-refractivity contribution in [2.24, 2.45) is 7.05 Å². The molecule has 4 aromatic carbocycles. The number of methoxy groups -OCH3 is 1. The van der Waals surface area contributed by atoms with Crippen molar-refractivity contribution in [1.29, 1.82) is 0 Å². The minimum Gasteiger partial charge on any atom is -0.543 e. The van der Waals surface area contributed by atoms with Crippen molar-refractivity contribution in [1.82, 2.24) is 28.4 Å². The first-order chi connectivity index (χ1) is 37.1. The first-order valence-electron chi connectivity index (χ1n) is 26.9. The maximum absolute atomic E-state index is 15.4. The van der Waals surface area contributed by atoms with Gasteiger partial charge in [-0.2, -0.15) is 14.5 Å². The third-order valence-electron chi connectivity index (χ3n) is 16.2. The number of hydrogen-bond donors (Lipinski definition) is 0. The molecule has 8 rings (SSSR count). The van der Waals surface area contributed by atoms with Crippen molar-refractivity contribution in [2.75, 3.05) is 20.3 Å². The summed E-state index contributed by atoms with van der Waals surface area (Å²) in [5.41, 5.74) is 4.49. The molecule has 0 spiro atoms. The van der Waals surface area contributed by atoms with Crippen molar-refractivity contribution in [3.63, 3.8) is 0 Å². The van der Waals surface area contributed by atoms with Crippen LogP contribution in [0, 0.1) is 24.0 Å². The number of esters is 1. The van der Waals surface area contributed by atoms with Gasteiger partial charge in [-0.3, -0.25) is 14.8 Å². The largest absolute Gasteiger partial charge is 0.543 e. The molecule has 3 aromatic heterocycles. The van der Waals surface area contributed by atoms with E-state index < -0.39 is 54.4 Å². The lowest BCUT2D eigenvalue weighted by Crippen LogP contribution is -2.43. The van der Waals surface area contributed by atoms with Crippen LogP contribution in [0.3, 0.4) is 0 Å². The van der Waals surface area contributed by atoms with Crippen LogP contribution < -0.4 is 4.43 Å². The topological polar surface area (TPSA) is 175 Å². The summed E-state index contributed by atoms with van der Waals surface area (Å²) in [7, 11) is -5.77. The molecule has 0 N–H and O–H groups in total. The summed E-state index contributed by atoms with van der Waals surface area (Å²) < 4.78 is 62.7. The van der Waals surface area contributed by atoms with Crippen molar-refractivity contribution in [2.45, 2.75) is 159 Å². The number of nitrogens with zero attached hydrogens (tertiary/aromatic N) is 7. The standard InChI is InChI=1S/C58H76ClN7O9S2Si2/c1-38-52-48(64(55(38)56(67)72-10)29-21-31-74-78(11,12)57(3,4)5)28-27-45(59)54(52)53-39(2)65(51-26-19-20-30-73-51)61-46(53)36-63(77(70,71)50-25-18-17-24-47(50)66(68)69)35-41-33-42(62(9)60-41)37-76-43-32-40-22-15-16-23-44(40)49(34-43)75-79(13,14)58(6,7)8/h15-18,22-25,27-28,32-34,51H,19-21,26,29-31,35-37H2,1-14H3. The highest BCUT2D eigenvalue weighted by Gasteiger charge is 2.41. The molecule has 79 heavy (non-hydrogen) atoms. The zero-order valence-corrected chi connectivity index (χ0v) is 52.5. The van der Waals surface area contributed by atoms with Gasteiger partial charge in [0.25, 0.3) is 24.0 Å². The molecule has 16 nitrogen and oxygen atoms in total. The van der Waals surface area contributed by atoms with Crippen LogP contribution in [0.2, 0.25) is 41.3 Å². The van der Waals surface area contributed by atoms with Gasteiger partial charge < -0.3 is 22.9 Å². The van der Waals surface area contributed by atoms with E-state index >= 15 is 8.42 Å². The number of nitro groups is 1. The number of sulfonamides is 1. The molecule has 1 aliphatic heterocycles. The predicted molar refractivity (Wildman–Crippen MR) is 320 cm³/mol. The Morgan fingerprint density at radius 1 is 0.924 bits per heavy atom. The minimum absolute atomic E-state index is 0.0110. The Morgan fingerprint density at radius 3 is 2.29 bits per heavy atom. The first kappa shape index (κ1) is 59.8. The highest BCUT2D eigenvalue weighted by Crippen LogP contribution is 2.46. The summed E-state index contributed by atoms with van der Waals surface area (Å²) in [6, 6.07) is 23.4. The number of aromatic nitrogens is 5. The second-order valence-corrected chi connectivity index (χ2v) is 36.5. The van der Waals surface area contributed by atoms with Gasteiger partial charge in [-0.05, 0) is 123 Å². The molecule has 0 amide bonds. The highest BCUT2D eigenvalue weighted by molar-refractivity contribution is 7.98. The lowest BCUT2D eigenvalue weighted by Gasteiger charge is -2.37. The molecular formula is C58H76ClN7O9S2Si2. The number of nitro benzene ring substituents is 1. The van der Waals surface area contributed by atoms with Crippen LogP contribution in [-0.4, -0.2) is 84.7 Å². The molecule has 0 saturated carbocycles. The second kappa shape index (κ2) is 23.3.